The maximum atomic E-state index is 11.4. The van der Waals surface area contributed by atoms with Gasteiger partial charge in [-0.15, -0.1) is 0 Å². The number of sulfone groups is 1. The van der Waals surface area contributed by atoms with E-state index in [4.69, 9.17) is 0 Å². The average Bonchev–Trinajstić information content (AvgIpc) is 2.31. The first-order chi connectivity index (χ1) is 7.54. The fourth-order valence-electron chi connectivity index (χ4n) is 1.34. The SMILES string of the molecule is CS(=O)(=O)c1ccc2c(c1)S(=O)(=O)[N-]S2(=O)=O. The Morgan fingerprint density at radius 1 is 1.00 bits per heavy atom. The second kappa shape index (κ2) is 3.28. The molecule has 0 aromatic heterocycles. The third-order valence-corrected chi connectivity index (χ3v) is 6.71. The Morgan fingerprint density at radius 2 is 1.53 bits per heavy atom. The van der Waals surface area contributed by atoms with Crippen molar-refractivity contribution in [1.82, 2.24) is 0 Å². The molecule has 0 fully saturated rings. The normalized spacial score (nSPS) is 21.0. The minimum atomic E-state index is -4.32. The molecule has 94 valence electrons. The minimum Gasteiger partial charge on any atom is -0.428 e. The molecule has 1 aliphatic rings. The van der Waals surface area contributed by atoms with Crippen LogP contribution >= 0.6 is 0 Å². The van der Waals surface area contributed by atoms with Crippen LogP contribution in [0.4, 0.5) is 0 Å². The van der Waals surface area contributed by atoms with Crippen LogP contribution in [0.3, 0.4) is 0 Å². The molecular formula is C7H6NO6S3-. The van der Waals surface area contributed by atoms with Gasteiger partial charge in [-0.3, -0.25) is 0 Å². The van der Waals surface area contributed by atoms with Crippen molar-refractivity contribution in [2.75, 3.05) is 6.26 Å². The zero-order chi connectivity index (χ0) is 13.1. The van der Waals surface area contributed by atoms with E-state index in [0.717, 1.165) is 24.5 Å². The van der Waals surface area contributed by atoms with Gasteiger partial charge in [-0.05, 0) is 18.2 Å². The Morgan fingerprint density at radius 3 is 2.06 bits per heavy atom. The molecular weight excluding hydrogens is 290 g/mol. The second-order valence-corrected chi connectivity index (χ2v) is 8.80. The van der Waals surface area contributed by atoms with E-state index < -0.39 is 39.7 Å². The van der Waals surface area contributed by atoms with E-state index in [0.29, 0.717) is 0 Å². The van der Waals surface area contributed by atoms with Crippen LogP contribution in [0.2, 0.25) is 0 Å². The number of fused-ring (bicyclic) bond motifs is 1. The lowest BCUT2D eigenvalue weighted by Crippen LogP contribution is -2.00. The fraction of sp³-hybridized carbons (Fsp3) is 0.143. The van der Waals surface area contributed by atoms with Crippen molar-refractivity contribution in [3.05, 3.63) is 22.3 Å². The van der Waals surface area contributed by atoms with Gasteiger partial charge in [0.05, 0.1) is 14.7 Å². The van der Waals surface area contributed by atoms with Gasteiger partial charge in [-0.1, -0.05) is 0 Å². The molecule has 1 aliphatic heterocycles. The van der Waals surface area contributed by atoms with Crippen molar-refractivity contribution < 1.29 is 25.3 Å². The maximum absolute atomic E-state index is 11.4. The van der Waals surface area contributed by atoms with Gasteiger partial charge in [-0.25, -0.2) is 25.3 Å². The highest BCUT2D eigenvalue weighted by Gasteiger charge is 2.28. The molecule has 0 aliphatic carbocycles. The van der Waals surface area contributed by atoms with E-state index >= 15 is 0 Å². The fourth-order valence-corrected chi connectivity index (χ4v) is 5.52. The summed E-state index contributed by atoms with van der Waals surface area (Å²) in [6, 6.07) is 2.76. The molecule has 0 saturated carbocycles. The van der Waals surface area contributed by atoms with Gasteiger partial charge in [0.1, 0.15) is 20.0 Å². The molecule has 7 nitrogen and oxygen atoms in total. The van der Waals surface area contributed by atoms with Gasteiger partial charge in [-0.2, -0.15) is 0 Å². The quantitative estimate of drug-likeness (QED) is 0.711. The summed E-state index contributed by atoms with van der Waals surface area (Å²) in [7, 11) is -12.2. The van der Waals surface area contributed by atoms with Crippen LogP contribution in [0.5, 0.6) is 0 Å². The van der Waals surface area contributed by atoms with Gasteiger partial charge in [0, 0.05) is 6.26 Å². The molecule has 2 rings (SSSR count). The highest BCUT2D eigenvalue weighted by molar-refractivity contribution is 8.14. The number of hydrogen-bond donors (Lipinski definition) is 0. The molecule has 10 heteroatoms. The topological polar surface area (TPSA) is 117 Å². The van der Waals surface area contributed by atoms with Gasteiger partial charge < -0.3 is 4.13 Å². The smallest absolute Gasteiger partial charge is 0.175 e. The van der Waals surface area contributed by atoms with Crippen molar-refractivity contribution in [2.45, 2.75) is 14.7 Å². The maximum Gasteiger partial charge on any atom is 0.175 e. The Labute approximate surface area is 98.5 Å². The largest absolute Gasteiger partial charge is 0.428 e. The van der Waals surface area contributed by atoms with E-state index in [2.05, 4.69) is 4.13 Å². The van der Waals surface area contributed by atoms with Gasteiger partial charge in [0.25, 0.3) is 0 Å². The highest BCUT2D eigenvalue weighted by Crippen LogP contribution is 2.39. The van der Waals surface area contributed by atoms with Crippen molar-refractivity contribution >= 4 is 29.9 Å². The molecule has 0 atom stereocenters. The predicted octanol–water partition coefficient (Wildman–Crippen LogP) is -0.145. The van der Waals surface area contributed by atoms with Crippen molar-refractivity contribution in [2.24, 2.45) is 0 Å². The zero-order valence-corrected chi connectivity index (χ0v) is 10.8. The Bertz CT molecular complexity index is 803. The molecule has 0 radical (unpaired) electrons. The molecule has 0 unspecified atom stereocenters. The number of benzene rings is 1. The molecule has 0 bridgehead atoms. The highest BCUT2D eigenvalue weighted by atomic mass is 32.3. The summed E-state index contributed by atoms with van der Waals surface area (Å²) in [4.78, 5) is -1.36. The first kappa shape index (κ1) is 12.5. The minimum absolute atomic E-state index is 0.271. The lowest BCUT2D eigenvalue weighted by molar-refractivity contribution is 0.597. The first-order valence-corrected chi connectivity index (χ1v) is 8.90. The van der Waals surface area contributed by atoms with E-state index in [1.165, 1.54) is 0 Å². The van der Waals surface area contributed by atoms with Crippen molar-refractivity contribution in [1.29, 1.82) is 0 Å². The van der Waals surface area contributed by atoms with E-state index in [9.17, 15) is 25.3 Å². The third kappa shape index (κ3) is 1.97. The monoisotopic (exact) mass is 296 g/mol. The summed E-state index contributed by atoms with van der Waals surface area (Å²) >= 11 is 0. The van der Waals surface area contributed by atoms with Crippen LogP contribution < -0.4 is 0 Å². The second-order valence-electron chi connectivity index (χ2n) is 3.41. The Balaban J connectivity index is 2.88. The van der Waals surface area contributed by atoms with E-state index in [1.807, 2.05) is 0 Å². The number of hydrogen-bond acceptors (Lipinski definition) is 6. The lowest BCUT2D eigenvalue weighted by atomic mass is 10.4. The van der Waals surface area contributed by atoms with Crippen LogP contribution in [-0.4, -0.2) is 31.5 Å². The Kier molecular flexibility index (Phi) is 2.41. The van der Waals surface area contributed by atoms with Crippen LogP contribution in [0, 0.1) is 0 Å². The molecule has 0 spiro atoms. The molecule has 1 heterocycles. The molecule has 0 N–H and O–H groups in total. The summed E-state index contributed by atoms with van der Waals surface area (Å²) in [6.45, 7) is 0. The summed E-state index contributed by atoms with van der Waals surface area (Å²) in [5.41, 5.74) is 0. The molecule has 1 aromatic rings. The number of sulfonamides is 2. The van der Waals surface area contributed by atoms with Crippen molar-refractivity contribution in [3.8, 4) is 0 Å². The number of nitrogens with zero attached hydrogens (tertiary/aromatic N) is 1. The summed E-state index contributed by atoms with van der Waals surface area (Å²) in [6.07, 6.45) is 0.891. The van der Waals surface area contributed by atoms with Crippen molar-refractivity contribution in [3.63, 3.8) is 0 Å². The van der Waals surface area contributed by atoms with Gasteiger partial charge in [0.15, 0.2) is 9.84 Å². The summed E-state index contributed by atoms with van der Waals surface area (Å²) < 4.78 is 70.6. The van der Waals surface area contributed by atoms with Gasteiger partial charge in [0.2, 0.25) is 0 Å². The molecule has 17 heavy (non-hydrogen) atoms. The van der Waals surface area contributed by atoms with E-state index in [1.54, 1.807) is 0 Å². The third-order valence-electron chi connectivity index (χ3n) is 2.10. The molecule has 0 saturated heterocycles. The Hall–Kier alpha value is -0.970. The standard InChI is InChI=1S/C7H6NO6S3/c1-15(9,10)5-2-3-6-7(4-5)17(13,14)8-16(6,11)12/h2-4H,1H3/q-1. The van der Waals surface area contributed by atoms with Gasteiger partial charge >= 0.3 is 0 Å². The first-order valence-electron chi connectivity index (χ1n) is 4.12. The lowest BCUT2D eigenvalue weighted by Gasteiger charge is -2.06. The van der Waals surface area contributed by atoms with Crippen LogP contribution in [0.25, 0.3) is 4.13 Å². The molecule has 0 amide bonds. The van der Waals surface area contributed by atoms with Crippen LogP contribution in [-0.2, 0) is 29.9 Å². The number of rotatable bonds is 1. The summed E-state index contributed by atoms with van der Waals surface area (Å²) in [5.74, 6) is 0. The molecule has 1 aromatic carbocycles. The van der Waals surface area contributed by atoms with Crippen LogP contribution in [0.1, 0.15) is 0 Å². The summed E-state index contributed by atoms with van der Waals surface area (Å²) in [5, 5.41) is 0. The van der Waals surface area contributed by atoms with E-state index in [-0.39, 0.29) is 4.90 Å². The predicted molar refractivity (Wildman–Crippen MR) is 57.3 cm³/mol. The van der Waals surface area contributed by atoms with Crippen LogP contribution in [0.15, 0.2) is 32.9 Å². The average molecular weight is 296 g/mol. The zero-order valence-electron chi connectivity index (χ0n) is 8.35.